The van der Waals surface area contributed by atoms with E-state index in [-0.39, 0.29) is 17.2 Å². The van der Waals surface area contributed by atoms with Crippen molar-refractivity contribution in [2.24, 2.45) is 0 Å². The SMILES string of the molecule is O=C(Cc1ccc(NS(=O)(=O)c2ccc(F)cc2)cc1)N1CCC(n2cccc2)CC1. The van der Waals surface area contributed by atoms with Crippen LogP contribution in [0.15, 0.2) is 78.0 Å². The lowest BCUT2D eigenvalue weighted by molar-refractivity contribution is -0.131. The molecule has 1 N–H and O–H groups in total. The van der Waals surface area contributed by atoms with Gasteiger partial charge in [0, 0.05) is 37.2 Å². The predicted octanol–water partition coefficient (Wildman–Crippen LogP) is 3.83. The Labute approximate surface area is 181 Å². The average molecular weight is 442 g/mol. The van der Waals surface area contributed by atoms with Gasteiger partial charge in [-0.15, -0.1) is 0 Å². The normalized spacial score (nSPS) is 15.1. The van der Waals surface area contributed by atoms with Crippen LogP contribution in [0.3, 0.4) is 0 Å². The van der Waals surface area contributed by atoms with Gasteiger partial charge in [0.25, 0.3) is 10.0 Å². The Bertz CT molecular complexity index is 1120. The highest BCUT2D eigenvalue weighted by Gasteiger charge is 2.23. The zero-order valence-electron chi connectivity index (χ0n) is 16.9. The lowest BCUT2D eigenvalue weighted by Gasteiger charge is -2.33. The van der Waals surface area contributed by atoms with Crippen LogP contribution >= 0.6 is 0 Å². The molecule has 1 aromatic heterocycles. The van der Waals surface area contributed by atoms with Crippen LogP contribution in [0.1, 0.15) is 24.4 Å². The van der Waals surface area contributed by atoms with E-state index in [1.54, 1.807) is 24.3 Å². The highest BCUT2D eigenvalue weighted by atomic mass is 32.2. The van der Waals surface area contributed by atoms with E-state index in [1.165, 1.54) is 12.1 Å². The molecule has 1 fully saturated rings. The zero-order chi connectivity index (χ0) is 21.8. The number of piperidine rings is 1. The summed E-state index contributed by atoms with van der Waals surface area (Å²) in [7, 11) is -3.80. The van der Waals surface area contributed by atoms with E-state index < -0.39 is 15.8 Å². The molecule has 3 aromatic rings. The number of aromatic nitrogens is 1. The molecule has 0 unspecified atom stereocenters. The van der Waals surface area contributed by atoms with Gasteiger partial charge in [-0.1, -0.05) is 12.1 Å². The Kier molecular flexibility index (Phi) is 6.08. The summed E-state index contributed by atoms with van der Waals surface area (Å²) < 4.78 is 42.5. The Morgan fingerprint density at radius 3 is 2.19 bits per heavy atom. The van der Waals surface area contributed by atoms with Gasteiger partial charge in [-0.05, 0) is 66.9 Å². The maximum Gasteiger partial charge on any atom is 0.261 e. The molecule has 162 valence electrons. The largest absolute Gasteiger partial charge is 0.351 e. The molecule has 1 saturated heterocycles. The molecule has 0 saturated carbocycles. The third kappa shape index (κ3) is 5.14. The molecule has 1 aliphatic rings. The van der Waals surface area contributed by atoms with Crippen molar-refractivity contribution in [3.8, 4) is 0 Å². The standard InChI is InChI=1S/C23H24FN3O3S/c24-19-5-9-22(10-6-19)31(29,30)25-20-7-3-18(4-8-20)17-23(28)27-15-11-21(12-16-27)26-13-1-2-14-26/h1-10,13-14,21,25H,11-12,15-17H2. The maximum atomic E-state index is 13.0. The Hall–Kier alpha value is -3.13. The van der Waals surface area contributed by atoms with E-state index in [1.807, 2.05) is 17.0 Å². The molecular weight excluding hydrogens is 417 g/mol. The fourth-order valence-electron chi connectivity index (χ4n) is 3.81. The van der Waals surface area contributed by atoms with E-state index in [9.17, 15) is 17.6 Å². The number of nitrogens with one attached hydrogen (secondary N) is 1. The van der Waals surface area contributed by atoms with Crippen LogP contribution in [0.2, 0.25) is 0 Å². The number of likely N-dealkylation sites (tertiary alicyclic amines) is 1. The highest BCUT2D eigenvalue weighted by Crippen LogP contribution is 2.23. The third-order valence-corrected chi connectivity index (χ3v) is 6.95. The minimum absolute atomic E-state index is 0.0172. The monoisotopic (exact) mass is 441 g/mol. The Balaban J connectivity index is 1.32. The van der Waals surface area contributed by atoms with Crippen LogP contribution in [0, 0.1) is 5.82 Å². The molecule has 1 amide bonds. The smallest absolute Gasteiger partial charge is 0.261 e. The predicted molar refractivity (Wildman–Crippen MR) is 117 cm³/mol. The number of carbonyl (C=O) groups excluding carboxylic acids is 1. The van der Waals surface area contributed by atoms with E-state index >= 15 is 0 Å². The van der Waals surface area contributed by atoms with Gasteiger partial charge in [0.2, 0.25) is 5.91 Å². The number of benzene rings is 2. The summed E-state index contributed by atoms with van der Waals surface area (Å²) in [6.07, 6.45) is 6.27. The van der Waals surface area contributed by atoms with Crippen LogP contribution in [0.25, 0.3) is 0 Å². The fraction of sp³-hybridized carbons (Fsp3) is 0.261. The van der Waals surface area contributed by atoms with Gasteiger partial charge >= 0.3 is 0 Å². The molecule has 8 heteroatoms. The molecule has 0 atom stereocenters. The topological polar surface area (TPSA) is 71.4 Å². The van der Waals surface area contributed by atoms with E-state index in [2.05, 4.69) is 21.7 Å². The first kappa shape index (κ1) is 21.1. The van der Waals surface area contributed by atoms with Crippen molar-refractivity contribution in [2.75, 3.05) is 17.8 Å². The van der Waals surface area contributed by atoms with Crippen molar-refractivity contribution >= 4 is 21.6 Å². The minimum atomic E-state index is -3.80. The van der Waals surface area contributed by atoms with Crippen LogP contribution in [0.4, 0.5) is 10.1 Å². The van der Waals surface area contributed by atoms with E-state index in [4.69, 9.17) is 0 Å². The van der Waals surface area contributed by atoms with Crippen molar-refractivity contribution < 1.29 is 17.6 Å². The molecule has 31 heavy (non-hydrogen) atoms. The minimum Gasteiger partial charge on any atom is -0.351 e. The van der Waals surface area contributed by atoms with Gasteiger partial charge in [-0.25, -0.2) is 12.8 Å². The summed E-state index contributed by atoms with van der Waals surface area (Å²) in [5.74, 6) is -0.424. The number of amides is 1. The third-order valence-electron chi connectivity index (χ3n) is 5.55. The van der Waals surface area contributed by atoms with Crippen molar-refractivity contribution in [1.82, 2.24) is 9.47 Å². The lowest BCUT2D eigenvalue weighted by Crippen LogP contribution is -2.39. The summed E-state index contributed by atoms with van der Waals surface area (Å²) in [5, 5.41) is 0. The molecule has 2 heterocycles. The van der Waals surface area contributed by atoms with Crippen LogP contribution in [0.5, 0.6) is 0 Å². The number of nitrogens with zero attached hydrogens (tertiary/aromatic N) is 2. The number of hydrogen-bond acceptors (Lipinski definition) is 3. The Morgan fingerprint density at radius 2 is 1.58 bits per heavy atom. The fourth-order valence-corrected chi connectivity index (χ4v) is 4.87. The molecular formula is C23H24FN3O3S. The van der Waals surface area contributed by atoms with Crippen molar-refractivity contribution in [1.29, 1.82) is 0 Å². The summed E-state index contributed by atoms with van der Waals surface area (Å²) in [6, 6.07) is 15.8. The Morgan fingerprint density at radius 1 is 0.968 bits per heavy atom. The first-order chi connectivity index (χ1) is 14.9. The van der Waals surface area contributed by atoms with Crippen molar-refractivity contribution in [3.05, 3.63) is 84.4 Å². The number of anilines is 1. The second kappa shape index (κ2) is 8.93. The van der Waals surface area contributed by atoms with Crippen LogP contribution in [-0.4, -0.2) is 36.9 Å². The molecule has 2 aromatic carbocycles. The maximum absolute atomic E-state index is 13.0. The van der Waals surface area contributed by atoms with Crippen LogP contribution in [-0.2, 0) is 21.2 Å². The second-order valence-electron chi connectivity index (χ2n) is 7.68. The van der Waals surface area contributed by atoms with Gasteiger partial charge in [0.1, 0.15) is 5.82 Å². The number of rotatable bonds is 6. The molecule has 0 aliphatic carbocycles. The van der Waals surface area contributed by atoms with Gasteiger partial charge in [-0.3, -0.25) is 9.52 Å². The van der Waals surface area contributed by atoms with Gasteiger partial charge < -0.3 is 9.47 Å². The van der Waals surface area contributed by atoms with Gasteiger partial charge in [0.15, 0.2) is 0 Å². The second-order valence-corrected chi connectivity index (χ2v) is 9.36. The summed E-state index contributed by atoms with van der Waals surface area (Å²) in [5.41, 5.74) is 1.20. The molecule has 0 radical (unpaired) electrons. The summed E-state index contributed by atoms with van der Waals surface area (Å²) >= 11 is 0. The molecule has 0 bridgehead atoms. The molecule has 0 spiro atoms. The molecule has 1 aliphatic heterocycles. The zero-order valence-corrected chi connectivity index (χ0v) is 17.8. The average Bonchev–Trinajstić information content (AvgIpc) is 3.30. The molecule has 6 nitrogen and oxygen atoms in total. The highest BCUT2D eigenvalue weighted by molar-refractivity contribution is 7.92. The summed E-state index contributed by atoms with van der Waals surface area (Å²) in [4.78, 5) is 14.5. The first-order valence-electron chi connectivity index (χ1n) is 10.2. The number of hydrogen-bond donors (Lipinski definition) is 1. The first-order valence-corrected chi connectivity index (χ1v) is 11.7. The van der Waals surface area contributed by atoms with Crippen LogP contribution < -0.4 is 4.72 Å². The van der Waals surface area contributed by atoms with Gasteiger partial charge in [-0.2, -0.15) is 0 Å². The quantitative estimate of drug-likeness (QED) is 0.632. The summed E-state index contributed by atoms with van der Waals surface area (Å²) in [6.45, 7) is 1.47. The molecule has 4 rings (SSSR count). The lowest BCUT2D eigenvalue weighted by atomic mass is 10.0. The number of sulfonamides is 1. The van der Waals surface area contributed by atoms with Crippen molar-refractivity contribution in [2.45, 2.75) is 30.2 Å². The number of carbonyl (C=O) groups is 1. The van der Waals surface area contributed by atoms with Gasteiger partial charge in [0.05, 0.1) is 11.3 Å². The van der Waals surface area contributed by atoms with Crippen molar-refractivity contribution in [3.63, 3.8) is 0 Å². The number of halogens is 1. The van der Waals surface area contributed by atoms with E-state index in [0.29, 0.717) is 11.7 Å². The van der Waals surface area contributed by atoms with E-state index in [0.717, 1.165) is 43.6 Å².